The molecule has 0 bridgehead atoms. The standard InChI is InChI=1S/C17H9F6N3O5/c18-8-4-10(12(19)13(20)14(8)31-17(21,22)23)26-11(27)6-25(16(26)30)5-7-1-2-24-9(3-7)15(28)29/h1-4H,5-6H2,(H,28,29). The van der Waals surface area contributed by atoms with Crippen molar-refractivity contribution in [1.29, 1.82) is 0 Å². The van der Waals surface area contributed by atoms with E-state index in [9.17, 15) is 40.7 Å². The van der Waals surface area contributed by atoms with E-state index < -0.39 is 59.7 Å². The number of hydrogen-bond donors (Lipinski definition) is 1. The minimum atomic E-state index is -5.52. The number of hydrogen-bond acceptors (Lipinski definition) is 5. The first-order chi connectivity index (χ1) is 14.4. The van der Waals surface area contributed by atoms with Gasteiger partial charge in [-0.3, -0.25) is 4.79 Å². The molecule has 0 aliphatic carbocycles. The molecule has 3 amide bonds. The molecule has 164 valence electrons. The molecule has 1 aliphatic heterocycles. The smallest absolute Gasteiger partial charge is 0.477 e. The van der Waals surface area contributed by atoms with Crippen LogP contribution in [0.15, 0.2) is 24.4 Å². The van der Waals surface area contributed by atoms with Crippen LogP contribution in [0.25, 0.3) is 0 Å². The molecule has 2 aromatic rings. The first-order valence-electron chi connectivity index (χ1n) is 8.12. The molecule has 3 rings (SSSR count). The summed E-state index contributed by atoms with van der Waals surface area (Å²) in [6.45, 7) is -1.02. The van der Waals surface area contributed by atoms with Gasteiger partial charge in [-0.05, 0) is 17.7 Å². The average molecular weight is 449 g/mol. The van der Waals surface area contributed by atoms with E-state index in [-0.39, 0.29) is 28.8 Å². The number of rotatable bonds is 5. The van der Waals surface area contributed by atoms with E-state index in [0.717, 1.165) is 17.2 Å². The van der Waals surface area contributed by atoms with Gasteiger partial charge in [0.1, 0.15) is 12.2 Å². The van der Waals surface area contributed by atoms with Crippen molar-refractivity contribution in [2.75, 3.05) is 11.4 Å². The third kappa shape index (κ3) is 4.36. The number of halogens is 6. The number of aromatic nitrogens is 1. The number of imide groups is 1. The van der Waals surface area contributed by atoms with Crippen LogP contribution < -0.4 is 9.64 Å². The highest BCUT2D eigenvalue weighted by Gasteiger charge is 2.41. The zero-order valence-corrected chi connectivity index (χ0v) is 14.9. The lowest BCUT2D eigenvalue weighted by atomic mass is 10.2. The van der Waals surface area contributed by atoms with Gasteiger partial charge < -0.3 is 14.7 Å². The van der Waals surface area contributed by atoms with Crippen LogP contribution in [-0.4, -0.2) is 45.8 Å². The van der Waals surface area contributed by atoms with Crippen LogP contribution in [-0.2, 0) is 11.3 Å². The van der Waals surface area contributed by atoms with Crippen molar-refractivity contribution < 1.29 is 50.6 Å². The Morgan fingerprint density at radius 2 is 1.84 bits per heavy atom. The van der Waals surface area contributed by atoms with Crippen molar-refractivity contribution in [1.82, 2.24) is 9.88 Å². The maximum atomic E-state index is 14.3. The number of urea groups is 1. The number of ether oxygens (including phenoxy) is 1. The van der Waals surface area contributed by atoms with Crippen molar-refractivity contribution in [2.24, 2.45) is 0 Å². The van der Waals surface area contributed by atoms with Crippen molar-refractivity contribution in [3.8, 4) is 5.75 Å². The molecule has 1 saturated heterocycles. The van der Waals surface area contributed by atoms with E-state index in [1.54, 1.807) is 0 Å². The second-order valence-electron chi connectivity index (χ2n) is 6.10. The summed E-state index contributed by atoms with van der Waals surface area (Å²) in [5.74, 6) is -11.1. The molecule has 1 N–H and O–H groups in total. The zero-order chi connectivity index (χ0) is 23.1. The molecular weight excluding hydrogens is 440 g/mol. The molecule has 0 radical (unpaired) electrons. The van der Waals surface area contributed by atoms with Gasteiger partial charge in [0.25, 0.3) is 5.91 Å². The van der Waals surface area contributed by atoms with Crippen molar-refractivity contribution in [3.05, 3.63) is 53.1 Å². The Balaban J connectivity index is 1.91. The summed E-state index contributed by atoms with van der Waals surface area (Å²) in [7, 11) is 0. The topological polar surface area (TPSA) is 100 Å². The van der Waals surface area contributed by atoms with Gasteiger partial charge in [0.2, 0.25) is 11.6 Å². The van der Waals surface area contributed by atoms with Gasteiger partial charge in [0, 0.05) is 18.8 Å². The van der Waals surface area contributed by atoms with Crippen LogP contribution in [0.3, 0.4) is 0 Å². The SMILES string of the molecule is O=C(O)c1cc(CN2CC(=O)N(c3cc(F)c(OC(F)(F)F)c(F)c3F)C2=O)ccn1. The number of aromatic carboxylic acids is 1. The molecule has 2 heterocycles. The highest BCUT2D eigenvalue weighted by atomic mass is 19.4. The van der Waals surface area contributed by atoms with E-state index >= 15 is 0 Å². The van der Waals surface area contributed by atoms with Crippen LogP contribution in [0.1, 0.15) is 16.1 Å². The number of carbonyl (C=O) groups excluding carboxylic acids is 2. The summed E-state index contributed by atoms with van der Waals surface area (Å²) < 4.78 is 82.0. The highest BCUT2D eigenvalue weighted by molar-refractivity contribution is 6.19. The Bertz CT molecular complexity index is 1090. The fourth-order valence-corrected chi connectivity index (χ4v) is 2.76. The summed E-state index contributed by atoms with van der Waals surface area (Å²) in [6, 6.07) is 1.22. The number of pyridine rings is 1. The molecule has 1 aliphatic rings. The van der Waals surface area contributed by atoms with E-state index in [1.165, 1.54) is 6.07 Å². The van der Waals surface area contributed by atoms with Gasteiger partial charge in [0.05, 0.1) is 5.69 Å². The number of carboxylic acids is 1. The Morgan fingerprint density at radius 3 is 2.45 bits per heavy atom. The number of alkyl halides is 3. The average Bonchev–Trinajstić information content (AvgIpc) is 2.94. The van der Waals surface area contributed by atoms with Crippen LogP contribution in [0.2, 0.25) is 0 Å². The van der Waals surface area contributed by atoms with E-state index in [1.807, 2.05) is 0 Å². The lowest BCUT2D eigenvalue weighted by molar-refractivity contribution is -0.276. The predicted octanol–water partition coefficient (Wildman–Crippen LogP) is 3.06. The number of carboxylic acid groups (broad SMARTS) is 1. The van der Waals surface area contributed by atoms with Crippen LogP contribution in [0.5, 0.6) is 5.75 Å². The maximum Gasteiger partial charge on any atom is 0.573 e. The van der Waals surface area contributed by atoms with Crippen molar-refractivity contribution in [3.63, 3.8) is 0 Å². The molecule has 1 aromatic carbocycles. The Labute approximate surface area is 168 Å². The minimum absolute atomic E-state index is 0.0216. The number of benzene rings is 1. The Morgan fingerprint density at radius 1 is 1.16 bits per heavy atom. The van der Waals surface area contributed by atoms with Gasteiger partial charge in [-0.1, -0.05) is 0 Å². The largest absolute Gasteiger partial charge is 0.573 e. The second-order valence-corrected chi connectivity index (χ2v) is 6.10. The van der Waals surface area contributed by atoms with Gasteiger partial charge in [-0.2, -0.15) is 4.39 Å². The normalized spacial score (nSPS) is 14.4. The molecule has 0 saturated carbocycles. The summed E-state index contributed by atoms with van der Waals surface area (Å²) in [6.07, 6.45) is -4.40. The molecule has 0 unspecified atom stereocenters. The predicted molar refractivity (Wildman–Crippen MR) is 87.5 cm³/mol. The monoisotopic (exact) mass is 449 g/mol. The fraction of sp³-hybridized carbons (Fsp3) is 0.176. The van der Waals surface area contributed by atoms with Gasteiger partial charge in [0.15, 0.2) is 11.6 Å². The lowest BCUT2D eigenvalue weighted by Crippen LogP contribution is -2.34. The van der Waals surface area contributed by atoms with Crippen molar-refractivity contribution in [2.45, 2.75) is 12.9 Å². The van der Waals surface area contributed by atoms with Gasteiger partial charge in [-0.25, -0.2) is 28.3 Å². The second kappa shape index (κ2) is 7.77. The van der Waals surface area contributed by atoms with E-state index in [2.05, 4.69) is 9.72 Å². The number of amides is 3. The number of carbonyl (C=O) groups is 3. The van der Waals surface area contributed by atoms with E-state index in [0.29, 0.717) is 0 Å². The van der Waals surface area contributed by atoms with Gasteiger partial charge >= 0.3 is 18.4 Å². The summed E-state index contributed by atoms with van der Waals surface area (Å²) in [5, 5.41) is 8.93. The first-order valence-corrected chi connectivity index (χ1v) is 8.12. The molecule has 0 atom stereocenters. The molecule has 14 heteroatoms. The summed E-state index contributed by atoms with van der Waals surface area (Å²) in [4.78, 5) is 40.1. The van der Waals surface area contributed by atoms with Gasteiger partial charge in [-0.15, -0.1) is 13.2 Å². The maximum absolute atomic E-state index is 14.3. The van der Waals surface area contributed by atoms with E-state index in [4.69, 9.17) is 5.11 Å². The molecular formula is C17H9F6N3O5. The molecule has 1 aromatic heterocycles. The van der Waals surface area contributed by atoms with Crippen LogP contribution >= 0.6 is 0 Å². The van der Waals surface area contributed by atoms with Crippen LogP contribution in [0.4, 0.5) is 36.8 Å². The quantitative estimate of drug-likeness (QED) is 0.428. The minimum Gasteiger partial charge on any atom is -0.477 e. The number of nitrogens with zero attached hydrogens (tertiary/aromatic N) is 3. The summed E-state index contributed by atoms with van der Waals surface area (Å²) in [5.41, 5.74) is -1.38. The number of anilines is 1. The lowest BCUT2D eigenvalue weighted by Gasteiger charge is -2.19. The zero-order valence-electron chi connectivity index (χ0n) is 14.9. The third-order valence-electron chi connectivity index (χ3n) is 4.01. The Hall–Kier alpha value is -3.84. The van der Waals surface area contributed by atoms with Crippen LogP contribution in [0, 0.1) is 17.5 Å². The fourth-order valence-electron chi connectivity index (χ4n) is 2.76. The highest BCUT2D eigenvalue weighted by Crippen LogP contribution is 2.36. The molecule has 31 heavy (non-hydrogen) atoms. The Kier molecular flexibility index (Phi) is 5.48. The molecule has 8 nitrogen and oxygen atoms in total. The first kappa shape index (κ1) is 21.9. The molecule has 1 fully saturated rings. The van der Waals surface area contributed by atoms with Crippen molar-refractivity contribution >= 4 is 23.6 Å². The molecule has 0 spiro atoms. The summed E-state index contributed by atoms with van der Waals surface area (Å²) >= 11 is 0. The third-order valence-corrected chi connectivity index (χ3v) is 4.01.